The van der Waals surface area contributed by atoms with Gasteiger partial charge in [0.25, 0.3) is 0 Å². The Kier molecular flexibility index (Phi) is 8.70. The van der Waals surface area contributed by atoms with Crippen LogP contribution in [0.1, 0.15) is 6.92 Å². The summed E-state index contributed by atoms with van der Waals surface area (Å²) in [6, 6.07) is -0.139. The van der Waals surface area contributed by atoms with Crippen molar-refractivity contribution >= 4 is 6.03 Å². The molecule has 5 nitrogen and oxygen atoms in total. The van der Waals surface area contributed by atoms with Crippen LogP contribution in [0.15, 0.2) is 0 Å². The first-order valence-corrected chi connectivity index (χ1v) is 4.55. The molecule has 0 bridgehead atoms. The molecule has 0 heterocycles. The highest BCUT2D eigenvalue weighted by Crippen LogP contribution is 1.72. The number of carbonyl (C=O) groups excluding carboxylic acids is 1. The van der Waals surface area contributed by atoms with Crippen LogP contribution in [0.2, 0.25) is 0 Å². The number of urea groups is 1. The second-order valence-corrected chi connectivity index (χ2v) is 2.50. The fraction of sp³-hybridized carbons (Fsp3) is 0.875. The fourth-order valence-corrected chi connectivity index (χ4v) is 0.736. The standard InChI is InChI=1S/C8H19N3O2/c1-3-10-8(12)11-5-7-13-6-4-9-2/h9H,3-7H2,1-2H3,(H2,10,11,12). The van der Waals surface area contributed by atoms with E-state index in [1.807, 2.05) is 14.0 Å². The first-order chi connectivity index (χ1) is 6.31. The summed E-state index contributed by atoms with van der Waals surface area (Å²) in [7, 11) is 1.87. The van der Waals surface area contributed by atoms with E-state index in [1.165, 1.54) is 0 Å². The Bertz CT molecular complexity index is 131. The molecule has 0 saturated heterocycles. The molecule has 0 unspecified atom stereocenters. The number of likely N-dealkylation sites (N-methyl/N-ethyl adjacent to an activating group) is 1. The Balaban J connectivity index is 3.02. The smallest absolute Gasteiger partial charge is 0.314 e. The number of amides is 2. The normalized spacial score (nSPS) is 9.69. The highest BCUT2D eigenvalue weighted by Gasteiger charge is 1.95. The van der Waals surface area contributed by atoms with Gasteiger partial charge in [-0.2, -0.15) is 0 Å². The largest absolute Gasteiger partial charge is 0.378 e. The van der Waals surface area contributed by atoms with Crippen LogP contribution in [0.3, 0.4) is 0 Å². The summed E-state index contributed by atoms with van der Waals surface area (Å²) >= 11 is 0. The van der Waals surface area contributed by atoms with Crippen LogP contribution in [0, 0.1) is 0 Å². The second kappa shape index (κ2) is 9.28. The van der Waals surface area contributed by atoms with Crippen LogP contribution in [0.4, 0.5) is 4.79 Å². The quantitative estimate of drug-likeness (QED) is 0.475. The van der Waals surface area contributed by atoms with Crippen LogP contribution in [0.25, 0.3) is 0 Å². The Morgan fingerprint density at radius 3 is 2.54 bits per heavy atom. The monoisotopic (exact) mass is 189 g/mol. The van der Waals surface area contributed by atoms with Gasteiger partial charge in [0.2, 0.25) is 0 Å². The second-order valence-electron chi connectivity index (χ2n) is 2.50. The molecule has 0 aromatic rings. The molecular formula is C8H19N3O2. The molecule has 0 fully saturated rings. The maximum Gasteiger partial charge on any atom is 0.314 e. The van der Waals surface area contributed by atoms with Crippen molar-refractivity contribution in [3.63, 3.8) is 0 Å². The third-order valence-corrected chi connectivity index (χ3v) is 1.37. The lowest BCUT2D eigenvalue weighted by Gasteiger charge is -2.06. The highest BCUT2D eigenvalue weighted by atomic mass is 16.5. The number of ether oxygens (including phenoxy) is 1. The van der Waals surface area contributed by atoms with Gasteiger partial charge >= 0.3 is 6.03 Å². The van der Waals surface area contributed by atoms with Gasteiger partial charge in [-0.3, -0.25) is 0 Å². The van der Waals surface area contributed by atoms with Gasteiger partial charge in [0.1, 0.15) is 0 Å². The molecular weight excluding hydrogens is 170 g/mol. The molecule has 0 spiro atoms. The van der Waals surface area contributed by atoms with Gasteiger partial charge in [0, 0.05) is 19.6 Å². The van der Waals surface area contributed by atoms with Crippen LogP contribution in [0.5, 0.6) is 0 Å². The van der Waals surface area contributed by atoms with Crippen molar-refractivity contribution in [1.82, 2.24) is 16.0 Å². The molecule has 3 N–H and O–H groups in total. The van der Waals surface area contributed by atoms with E-state index in [0.29, 0.717) is 26.3 Å². The van der Waals surface area contributed by atoms with E-state index in [2.05, 4.69) is 16.0 Å². The average molecular weight is 189 g/mol. The molecule has 13 heavy (non-hydrogen) atoms. The van der Waals surface area contributed by atoms with Crippen molar-refractivity contribution in [3.05, 3.63) is 0 Å². The van der Waals surface area contributed by atoms with E-state index in [4.69, 9.17) is 4.74 Å². The Hall–Kier alpha value is -0.810. The zero-order valence-corrected chi connectivity index (χ0v) is 8.35. The van der Waals surface area contributed by atoms with E-state index in [-0.39, 0.29) is 6.03 Å². The maximum absolute atomic E-state index is 10.8. The van der Waals surface area contributed by atoms with E-state index < -0.39 is 0 Å². The summed E-state index contributed by atoms with van der Waals surface area (Å²) in [5.41, 5.74) is 0. The van der Waals surface area contributed by atoms with Crippen molar-refractivity contribution in [2.75, 3.05) is 39.9 Å². The predicted molar refractivity (Wildman–Crippen MR) is 51.8 cm³/mol. The molecule has 2 amide bonds. The molecule has 0 saturated carbocycles. The van der Waals surface area contributed by atoms with Crippen molar-refractivity contribution in [1.29, 1.82) is 0 Å². The third-order valence-electron chi connectivity index (χ3n) is 1.37. The van der Waals surface area contributed by atoms with Crippen molar-refractivity contribution in [2.45, 2.75) is 6.92 Å². The van der Waals surface area contributed by atoms with Gasteiger partial charge < -0.3 is 20.7 Å². The van der Waals surface area contributed by atoms with Crippen LogP contribution >= 0.6 is 0 Å². The molecule has 0 aliphatic carbocycles. The molecule has 5 heteroatoms. The van der Waals surface area contributed by atoms with Gasteiger partial charge in [-0.25, -0.2) is 4.79 Å². The average Bonchev–Trinajstić information content (AvgIpc) is 2.11. The Morgan fingerprint density at radius 1 is 1.23 bits per heavy atom. The number of carbonyl (C=O) groups is 1. The first kappa shape index (κ1) is 12.2. The maximum atomic E-state index is 10.8. The highest BCUT2D eigenvalue weighted by molar-refractivity contribution is 5.73. The first-order valence-electron chi connectivity index (χ1n) is 4.55. The van der Waals surface area contributed by atoms with Crippen LogP contribution in [-0.4, -0.2) is 45.9 Å². The zero-order chi connectivity index (χ0) is 9.94. The van der Waals surface area contributed by atoms with Crippen molar-refractivity contribution in [3.8, 4) is 0 Å². The summed E-state index contributed by atoms with van der Waals surface area (Å²) in [5.74, 6) is 0. The minimum atomic E-state index is -0.139. The number of rotatable bonds is 7. The van der Waals surface area contributed by atoms with Crippen molar-refractivity contribution < 1.29 is 9.53 Å². The topological polar surface area (TPSA) is 62.4 Å². The molecule has 0 rings (SSSR count). The van der Waals surface area contributed by atoms with Gasteiger partial charge in [-0.1, -0.05) is 0 Å². The minimum absolute atomic E-state index is 0.139. The lowest BCUT2D eigenvalue weighted by atomic mass is 10.6. The lowest BCUT2D eigenvalue weighted by molar-refractivity contribution is 0.139. The van der Waals surface area contributed by atoms with Gasteiger partial charge in [0.05, 0.1) is 13.2 Å². The SMILES string of the molecule is CCNC(=O)NCCOCCNC. The molecule has 0 aromatic heterocycles. The molecule has 0 aliphatic heterocycles. The number of hydrogen-bond donors (Lipinski definition) is 3. The van der Waals surface area contributed by atoms with Crippen LogP contribution < -0.4 is 16.0 Å². The Morgan fingerprint density at radius 2 is 1.92 bits per heavy atom. The lowest BCUT2D eigenvalue weighted by Crippen LogP contribution is -2.37. The summed E-state index contributed by atoms with van der Waals surface area (Å²) in [6.45, 7) is 5.14. The van der Waals surface area contributed by atoms with E-state index in [1.54, 1.807) is 0 Å². The van der Waals surface area contributed by atoms with E-state index in [0.717, 1.165) is 6.54 Å². The fourth-order valence-electron chi connectivity index (χ4n) is 0.736. The summed E-state index contributed by atoms with van der Waals surface area (Å²) < 4.78 is 5.20. The Labute approximate surface area is 79.2 Å². The predicted octanol–water partition coefficient (Wildman–Crippen LogP) is -0.458. The molecule has 0 radical (unpaired) electrons. The molecule has 0 aliphatic rings. The van der Waals surface area contributed by atoms with Gasteiger partial charge in [-0.05, 0) is 14.0 Å². The van der Waals surface area contributed by atoms with Gasteiger partial charge in [-0.15, -0.1) is 0 Å². The van der Waals surface area contributed by atoms with E-state index >= 15 is 0 Å². The van der Waals surface area contributed by atoms with Crippen LogP contribution in [-0.2, 0) is 4.74 Å². The summed E-state index contributed by atoms with van der Waals surface area (Å²) in [4.78, 5) is 10.8. The third kappa shape index (κ3) is 9.10. The minimum Gasteiger partial charge on any atom is -0.378 e. The van der Waals surface area contributed by atoms with Crippen molar-refractivity contribution in [2.24, 2.45) is 0 Å². The van der Waals surface area contributed by atoms with E-state index in [9.17, 15) is 4.79 Å². The summed E-state index contributed by atoms with van der Waals surface area (Å²) in [6.07, 6.45) is 0. The molecule has 0 atom stereocenters. The summed E-state index contributed by atoms with van der Waals surface area (Å²) in [5, 5.41) is 8.26. The van der Waals surface area contributed by atoms with Gasteiger partial charge in [0.15, 0.2) is 0 Å². The number of nitrogens with one attached hydrogen (secondary N) is 3. The zero-order valence-electron chi connectivity index (χ0n) is 8.35. The number of hydrogen-bond acceptors (Lipinski definition) is 3. The molecule has 0 aromatic carbocycles. The molecule has 78 valence electrons.